The van der Waals surface area contributed by atoms with Gasteiger partial charge in [0.1, 0.15) is 17.4 Å². The highest BCUT2D eigenvalue weighted by Crippen LogP contribution is 2.17. The average molecular weight is 333 g/mol. The molecule has 1 aromatic carbocycles. The lowest BCUT2D eigenvalue weighted by Crippen LogP contribution is -2.29. The van der Waals surface area contributed by atoms with Crippen LogP contribution >= 0.6 is 11.3 Å². The maximum atomic E-state index is 11.8. The van der Waals surface area contributed by atoms with Crippen LogP contribution in [0.25, 0.3) is 0 Å². The van der Waals surface area contributed by atoms with Crippen LogP contribution in [0.3, 0.4) is 0 Å². The first-order valence-electron chi connectivity index (χ1n) is 7.09. The molecule has 1 N–H and O–H groups in total. The van der Waals surface area contributed by atoms with E-state index in [-0.39, 0.29) is 17.2 Å². The van der Waals surface area contributed by atoms with E-state index in [1.807, 2.05) is 31.2 Å². The summed E-state index contributed by atoms with van der Waals surface area (Å²) in [6, 6.07) is 7.66. The Morgan fingerprint density at radius 3 is 2.78 bits per heavy atom. The van der Waals surface area contributed by atoms with Crippen LogP contribution in [-0.2, 0) is 11.2 Å². The number of ether oxygens (including phenoxy) is 1. The van der Waals surface area contributed by atoms with Gasteiger partial charge in [-0.3, -0.25) is 4.79 Å². The Morgan fingerprint density at radius 1 is 1.35 bits per heavy atom. The third-order valence-corrected chi connectivity index (χ3v) is 4.16. The van der Waals surface area contributed by atoms with Crippen LogP contribution in [0.15, 0.2) is 24.3 Å². The molecule has 0 unspecified atom stereocenters. The fourth-order valence-corrected chi connectivity index (χ4v) is 2.88. The lowest BCUT2D eigenvalue weighted by Gasteiger charge is -2.07. The van der Waals surface area contributed by atoms with Crippen LogP contribution < -0.4 is 15.2 Å². The molecule has 2 rings (SSSR count). The Hall–Kier alpha value is -2.41. The summed E-state index contributed by atoms with van der Waals surface area (Å²) in [7, 11) is 0. The normalized spacial score (nSPS) is 10.3. The van der Waals surface area contributed by atoms with E-state index in [1.54, 1.807) is 6.92 Å². The van der Waals surface area contributed by atoms with E-state index in [9.17, 15) is 14.7 Å². The second-order valence-corrected chi connectivity index (χ2v) is 6.08. The first-order chi connectivity index (χ1) is 11.0. The number of hydrogen-bond donors (Lipinski definition) is 1. The van der Waals surface area contributed by atoms with Gasteiger partial charge >= 0.3 is 0 Å². The number of aromatic nitrogens is 1. The lowest BCUT2D eigenvalue weighted by atomic mass is 10.2. The highest BCUT2D eigenvalue weighted by molar-refractivity contribution is 7.13. The van der Waals surface area contributed by atoms with Crippen molar-refractivity contribution < 1.29 is 19.4 Å². The van der Waals surface area contributed by atoms with E-state index in [2.05, 4.69) is 10.3 Å². The van der Waals surface area contributed by atoms with Gasteiger partial charge in [-0.1, -0.05) is 12.1 Å². The van der Waals surface area contributed by atoms with Crippen molar-refractivity contribution in [1.29, 1.82) is 0 Å². The molecule has 0 radical (unpaired) electrons. The molecule has 0 aliphatic carbocycles. The molecule has 122 valence electrons. The number of aromatic carboxylic acids is 1. The largest absolute Gasteiger partial charge is 0.544 e. The van der Waals surface area contributed by atoms with E-state index in [4.69, 9.17) is 4.74 Å². The van der Waals surface area contributed by atoms with Gasteiger partial charge in [0.2, 0.25) is 5.91 Å². The molecule has 23 heavy (non-hydrogen) atoms. The van der Waals surface area contributed by atoms with Gasteiger partial charge in [-0.25, -0.2) is 4.98 Å². The van der Waals surface area contributed by atoms with Crippen LogP contribution in [-0.4, -0.2) is 30.0 Å². The van der Waals surface area contributed by atoms with Crippen molar-refractivity contribution in [3.8, 4) is 5.75 Å². The maximum Gasteiger partial charge on any atom is 0.226 e. The molecule has 7 heteroatoms. The summed E-state index contributed by atoms with van der Waals surface area (Å²) < 4.78 is 5.53. The van der Waals surface area contributed by atoms with E-state index in [0.29, 0.717) is 23.9 Å². The van der Waals surface area contributed by atoms with E-state index >= 15 is 0 Å². The molecule has 0 spiro atoms. The third kappa shape index (κ3) is 5.07. The van der Waals surface area contributed by atoms with Crippen LogP contribution in [0.2, 0.25) is 0 Å². The van der Waals surface area contributed by atoms with Crippen LogP contribution in [0.5, 0.6) is 5.75 Å². The first-order valence-corrected chi connectivity index (χ1v) is 7.91. The standard InChI is InChI=1S/C16H18N2O4S/c1-10-4-3-5-12(8-10)22-7-6-17-13(19)9-14-18-11(2)15(23-14)16(20)21/h3-5,8H,6-7,9H2,1-2H3,(H,17,19)(H,20,21)/p-1. The van der Waals surface area contributed by atoms with E-state index in [1.165, 1.54) is 0 Å². The van der Waals surface area contributed by atoms with Gasteiger partial charge < -0.3 is 20.0 Å². The molecule has 0 aliphatic heterocycles. The maximum absolute atomic E-state index is 11.8. The smallest absolute Gasteiger partial charge is 0.226 e. The van der Waals surface area contributed by atoms with Crippen molar-refractivity contribution in [3.05, 3.63) is 45.4 Å². The number of hydrogen-bond acceptors (Lipinski definition) is 6. The number of thiazole rings is 1. The minimum atomic E-state index is -1.27. The fourth-order valence-electron chi connectivity index (χ4n) is 1.98. The number of benzene rings is 1. The number of amides is 1. The second kappa shape index (κ2) is 7.73. The van der Waals surface area contributed by atoms with Crippen molar-refractivity contribution in [2.24, 2.45) is 0 Å². The Labute approximate surface area is 138 Å². The van der Waals surface area contributed by atoms with Crippen molar-refractivity contribution in [2.75, 3.05) is 13.2 Å². The minimum absolute atomic E-state index is 0.0449. The molecule has 0 bridgehead atoms. The van der Waals surface area contributed by atoms with Gasteiger partial charge in [-0.15, -0.1) is 11.3 Å². The van der Waals surface area contributed by atoms with Crippen LogP contribution in [0, 0.1) is 13.8 Å². The predicted molar refractivity (Wildman–Crippen MR) is 84.6 cm³/mol. The molecule has 0 fully saturated rings. The molecule has 1 heterocycles. The van der Waals surface area contributed by atoms with E-state index in [0.717, 1.165) is 22.6 Å². The predicted octanol–water partition coefficient (Wildman–Crippen LogP) is 0.861. The highest BCUT2D eigenvalue weighted by atomic mass is 32.1. The van der Waals surface area contributed by atoms with E-state index < -0.39 is 5.97 Å². The number of carbonyl (C=O) groups excluding carboxylic acids is 2. The number of aryl methyl sites for hydroxylation is 2. The summed E-state index contributed by atoms with van der Waals surface area (Å²) in [4.78, 5) is 26.8. The first kappa shape index (κ1) is 17.0. The van der Waals surface area contributed by atoms with Crippen LogP contribution in [0.4, 0.5) is 0 Å². The summed E-state index contributed by atoms with van der Waals surface area (Å²) in [5.74, 6) is -0.733. The molecule has 0 aliphatic rings. The summed E-state index contributed by atoms with van der Waals surface area (Å²) >= 11 is 0.968. The molecule has 1 aromatic heterocycles. The van der Waals surface area contributed by atoms with Gasteiger partial charge in [-0.05, 0) is 31.5 Å². The van der Waals surface area contributed by atoms with Crippen molar-refractivity contribution >= 4 is 23.2 Å². The Morgan fingerprint density at radius 2 is 2.13 bits per heavy atom. The summed E-state index contributed by atoms with van der Waals surface area (Å²) in [6.45, 7) is 4.28. The number of carboxylic acids is 1. The monoisotopic (exact) mass is 333 g/mol. The minimum Gasteiger partial charge on any atom is -0.544 e. The Kier molecular flexibility index (Phi) is 5.70. The zero-order valence-electron chi connectivity index (χ0n) is 12.9. The van der Waals surface area contributed by atoms with Crippen molar-refractivity contribution in [1.82, 2.24) is 10.3 Å². The molecular weight excluding hydrogens is 316 g/mol. The zero-order chi connectivity index (χ0) is 16.8. The quantitative estimate of drug-likeness (QED) is 0.759. The average Bonchev–Trinajstić information content (AvgIpc) is 2.84. The number of carboxylic acid groups (broad SMARTS) is 1. The molecule has 1 amide bonds. The topological polar surface area (TPSA) is 91.3 Å². The summed E-state index contributed by atoms with van der Waals surface area (Å²) in [6.07, 6.45) is 0.0449. The van der Waals surface area contributed by atoms with Gasteiger partial charge in [-0.2, -0.15) is 0 Å². The van der Waals surface area contributed by atoms with Gasteiger partial charge in [0, 0.05) is 0 Å². The third-order valence-electron chi connectivity index (χ3n) is 3.02. The van der Waals surface area contributed by atoms with Crippen molar-refractivity contribution in [3.63, 3.8) is 0 Å². The molecule has 2 aromatic rings. The van der Waals surface area contributed by atoms with Gasteiger partial charge in [0.15, 0.2) is 0 Å². The zero-order valence-corrected chi connectivity index (χ0v) is 13.7. The number of carbonyl (C=O) groups is 2. The van der Waals surface area contributed by atoms with Gasteiger partial charge in [0.05, 0.1) is 29.5 Å². The SMILES string of the molecule is Cc1cccc(OCCNC(=O)Cc2nc(C)c(C(=O)[O-])s2)c1. The molecular formula is C16H17N2O4S-. The number of nitrogens with zero attached hydrogens (tertiary/aromatic N) is 1. The van der Waals surface area contributed by atoms with Crippen LogP contribution in [0.1, 0.15) is 25.9 Å². The van der Waals surface area contributed by atoms with Gasteiger partial charge in [0.25, 0.3) is 0 Å². The fraction of sp³-hybridized carbons (Fsp3) is 0.312. The highest BCUT2D eigenvalue weighted by Gasteiger charge is 2.11. The lowest BCUT2D eigenvalue weighted by molar-refractivity contribution is -0.254. The number of rotatable bonds is 7. The van der Waals surface area contributed by atoms with Crippen molar-refractivity contribution in [2.45, 2.75) is 20.3 Å². The number of nitrogens with one attached hydrogen (secondary N) is 1. The summed E-state index contributed by atoms with van der Waals surface area (Å²) in [5.41, 5.74) is 1.48. The second-order valence-electron chi connectivity index (χ2n) is 5.00. The summed E-state index contributed by atoms with van der Waals surface area (Å²) in [5, 5.41) is 14.0. The molecule has 0 saturated carbocycles. The Balaban J connectivity index is 1.75. The molecule has 6 nitrogen and oxygen atoms in total. The molecule has 0 saturated heterocycles. The molecule has 0 atom stereocenters. The Bertz CT molecular complexity index is 712.